The summed E-state index contributed by atoms with van der Waals surface area (Å²) in [6.45, 7) is -0.0670. The number of hydrogen-bond acceptors (Lipinski definition) is 5. The molecule has 2 amide bonds. The van der Waals surface area contributed by atoms with E-state index in [0.717, 1.165) is 4.90 Å². The molecule has 1 aromatic carbocycles. The standard InChI is InChI=1S/C14H17N3O5/c15-14(11(18)9-4-2-1-3-5-9)8-10(12(19)16-22)6-7-17(14)13(20)21/h1-5,10,22H,6-8,15H2,(H,16,19)(H,20,21). The number of hydrogen-bond donors (Lipinski definition) is 4. The quantitative estimate of drug-likeness (QED) is 0.363. The molecule has 1 aliphatic heterocycles. The van der Waals surface area contributed by atoms with Crippen LogP contribution >= 0.6 is 0 Å². The van der Waals surface area contributed by atoms with Gasteiger partial charge in [-0.2, -0.15) is 0 Å². The first kappa shape index (κ1) is 15.9. The first-order valence-electron chi connectivity index (χ1n) is 6.73. The third-order valence-electron chi connectivity index (χ3n) is 3.88. The third kappa shape index (κ3) is 2.78. The summed E-state index contributed by atoms with van der Waals surface area (Å²) in [5.41, 5.74) is 6.04. The molecule has 8 heteroatoms. The van der Waals surface area contributed by atoms with Crippen LogP contribution in [0.1, 0.15) is 23.2 Å². The number of amides is 2. The van der Waals surface area contributed by atoms with E-state index in [1.54, 1.807) is 18.2 Å². The second kappa shape index (κ2) is 6.12. The van der Waals surface area contributed by atoms with Crippen LogP contribution < -0.4 is 11.2 Å². The summed E-state index contributed by atoms with van der Waals surface area (Å²) >= 11 is 0. The Hall–Kier alpha value is -2.45. The minimum absolute atomic E-state index is 0.0670. The van der Waals surface area contributed by atoms with Gasteiger partial charge in [-0.3, -0.25) is 19.7 Å². The number of carbonyl (C=O) groups excluding carboxylic acids is 2. The minimum Gasteiger partial charge on any atom is -0.465 e. The van der Waals surface area contributed by atoms with Gasteiger partial charge in [0, 0.05) is 24.4 Å². The molecule has 1 aliphatic rings. The highest BCUT2D eigenvalue weighted by Gasteiger charge is 2.49. The molecule has 2 rings (SSSR count). The summed E-state index contributed by atoms with van der Waals surface area (Å²) in [4.78, 5) is 36.5. The molecular formula is C14H17N3O5. The molecule has 22 heavy (non-hydrogen) atoms. The Balaban J connectivity index is 2.37. The molecule has 0 bridgehead atoms. The van der Waals surface area contributed by atoms with Crippen molar-refractivity contribution in [1.82, 2.24) is 10.4 Å². The Morgan fingerprint density at radius 2 is 1.91 bits per heavy atom. The van der Waals surface area contributed by atoms with Gasteiger partial charge in [-0.15, -0.1) is 0 Å². The fraction of sp³-hybridized carbons (Fsp3) is 0.357. The van der Waals surface area contributed by atoms with Crippen LogP contribution in [0.25, 0.3) is 0 Å². The van der Waals surface area contributed by atoms with Gasteiger partial charge in [0.25, 0.3) is 0 Å². The van der Waals surface area contributed by atoms with E-state index < -0.39 is 29.4 Å². The fourth-order valence-corrected chi connectivity index (χ4v) is 2.71. The van der Waals surface area contributed by atoms with E-state index in [1.165, 1.54) is 17.6 Å². The molecule has 118 valence electrons. The third-order valence-corrected chi connectivity index (χ3v) is 3.88. The number of nitrogens with zero attached hydrogens (tertiary/aromatic N) is 1. The number of rotatable bonds is 3. The van der Waals surface area contributed by atoms with Crippen molar-refractivity contribution in [2.75, 3.05) is 6.54 Å². The molecule has 0 aromatic heterocycles. The Kier molecular flexibility index (Phi) is 4.43. The SMILES string of the molecule is NC1(C(=O)c2ccccc2)CC(C(=O)NO)CCN1C(=O)O. The molecule has 0 aliphatic carbocycles. The lowest BCUT2D eigenvalue weighted by atomic mass is 9.82. The Labute approximate surface area is 126 Å². The zero-order chi connectivity index (χ0) is 16.3. The van der Waals surface area contributed by atoms with Gasteiger partial charge in [0.05, 0.1) is 0 Å². The van der Waals surface area contributed by atoms with Crippen molar-refractivity contribution < 1.29 is 24.7 Å². The number of likely N-dealkylation sites (tertiary alicyclic amines) is 1. The van der Waals surface area contributed by atoms with Crippen LogP contribution in [0.3, 0.4) is 0 Å². The second-order valence-electron chi connectivity index (χ2n) is 5.22. The molecule has 1 aromatic rings. The van der Waals surface area contributed by atoms with Crippen molar-refractivity contribution in [3.05, 3.63) is 35.9 Å². The van der Waals surface area contributed by atoms with E-state index >= 15 is 0 Å². The maximum absolute atomic E-state index is 12.7. The van der Waals surface area contributed by atoms with E-state index in [-0.39, 0.29) is 24.9 Å². The summed E-state index contributed by atoms with van der Waals surface area (Å²) in [5.74, 6) is -2.00. The molecule has 2 atom stereocenters. The van der Waals surface area contributed by atoms with Gasteiger partial charge < -0.3 is 10.8 Å². The van der Waals surface area contributed by atoms with Crippen LogP contribution in [0.15, 0.2) is 30.3 Å². The predicted octanol–water partition coefficient (Wildman–Crippen LogP) is 0.420. The zero-order valence-corrected chi connectivity index (χ0v) is 11.7. The molecule has 1 saturated heterocycles. The number of carboxylic acid groups (broad SMARTS) is 1. The van der Waals surface area contributed by atoms with Gasteiger partial charge in [0.1, 0.15) is 0 Å². The molecule has 0 radical (unpaired) electrons. The monoisotopic (exact) mass is 307 g/mol. The van der Waals surface area contributed by atoms with E-state index in [0.29, 0.717) is 0 Å². The molecule has 0 spiro atoms. The van der Waals surface area contributed by atoms with E-state index in [4.69, 9.17) is 10.9 Å². The van der Waals surface area contributed by atoms with Gasteiger partial charge in [-0.1, -0.05) is 30.3 Å². The van der Waals surface area contributed by atoms with E-state index in [9.17, 15) is 19.5 Å². The number of hydroxylamine groups is 1. The number of benzene rings is 1. The zero-order valence-electron chi connectivity index (χ0n) is 11.7. The summed E-state index contributed by atoms with van der Waals surface area (Å²) in [5, 5.41) is 18.0. The number of nitrogens with one attached hydrogen (secondary N) is 1. The smallest absolute Gasteiger partial charge is 0.409 e. The van der Waals surface area contributed by atoms with Gasteiger partial charge in [-0.05, 0) is 6.42 Å². The van der Waals surface area contributed by atoms with Crippen molar-refractivity contribution >= 4 is 17.8 Å². The number of carbonyl (C=O) groups is 3. The lowest BCUT2D eigenvalue weighted by Gasteiger charge is -2.43. The number of piperidine rings is 1. The average Bonchev–Trinajstić information content (AvgIpc) is 2.53. The van der Waals surface area contributed by atoms with Crippen LogP contribution in [0, 0.1) is 5.92 Å². The van der Waals surface area contributed by atoms with Crippen LogP contribution in [-0.2, 0) is 4.79 Å². The average molecular weight is 307 g/mol. The first-order chi connectivity index (χ1) is 10.4. The van der Waals surface area contributed by atoms with Crippen LogP contribution in [0.2, 0.25) is 0 Å². The molecule has 2 unspecified atom stereocenters. The predicted molar refractivity (Wildman–Crippen MR) is 75.1 cm³/mol. The fourth-order valence-electron chi connectivity index (χ4n) is 2.71. The van der Waals surface area contributed by atoms with Gasteiger partial charge in [-0.25, -0.2) is 10.3 Å². The normalized spacial score (nSPS) is 24.6. The van der Waals surface area contributed by atoms with Crippen LogP contribution in [-0.4, -0.2) is 45.2 Å². The van der Waals surface area contributed by atoms with Gasteiger partial charge in [0.2, 0.25) is 11.7 Å². The summed E-state index contributed by atoms with van der Waals surface area (Å²) in [6, 6.07) is 8.07. The van der Waals surface area contributed by atoms with Crippen molar-refractivity contribution in [2.24, 2.45) is 11.7 Å². The molecule has 1 fully saturated rings. The Bertz CT molecular complexity index is 591. The van der Waals surface area contributed by atoms with E-state index in [1.807, 2.05) is 0 Å². The second-order valence-corrected chi connectivity index (χ2v) is 5.22. The molecular weight excluding hydrogens is 290 g/mol. The molecule has 8 nitrogen and oxygen atoms in total. The van der Waals surface area contributed by atoms with Gasteiger partial charge in [0.15, 0.2) is 5.66 Å². The highest BCUT2D eigenvalue weighted by molar-refractivity contribution is 6.04. The van der Waals surface area contributed by atoms with E-state index in [2.05, 4.69) is 0 Å². The van der Waals surface area contributed by atoms with Gasteiger partial charge >= 0.3 is 6.09 Å². The summed E-state index contributed by atoms with van der Waals surface area (Å²) < 4.78 is 0. The van der Waals surface area contributed by atoms with Crippen LogP contribution in [0.4, 0.5) is 4.79 Å². The highest BCUT2D eigenvalue weighted by Crippen LogP contribution is 2.31. The largest absolute Gasteiger partial charge is 0.465 e. The summed E-state index contributed by atoms with van der Waals surface area (Å²) in [7, 11) is 0. The highest BCUT2D eigenvalue weighted by atomic mass is 16.5. The van der Waals surface area contributed by atoms with Crippen molar-refractivity contribution in [1.29, 1.82) is 0 Å². The number of nitrogens with two attached hydrogens (primary N) is 1. The van der Waals surface area contributed by atoms with Crippen molar-refractivity contribution in [3.63, 3.8) is 0 Å². The first-order valence-corrected chi connectivity index (χ1v) is 6.73. The number of Topliss-reactive ketones (excluding diaryl/α,β-unsaturated/α-hetero) is 1. The van der Waals surface area contributed by atoms with Crippen molar-refractivity contribution in [2.45, 2.75) is 18.5 Å². The molecule has 5 N–H and O–H groups in total. The maximum Gasteiger partial charge on any atom is 0.409 e. The lowest BCUT2D eigenvalue weighted by molar-refractivity contribution is -0.136. The topological polar surface area (TPSA) is 133 Å². The lowest BCUT2D eigenvalue weighted by Crippen LogP contribution is -2.67. The Morgan fingerprint density at radius 3 is 2.45 bits per heavy atom. The van der Waals surface area contributed by atoms with Crippen LogP contribution in [0.5, 0.6) is 0 Å². The Morgan fingerprint density at radius 1 is 1.27 bits per heavy atom. The summed E-state index contributed by atoms with van der Waals surface area (Å²) in [6.07, 6.45) is -1.34. The maximum atomic E-state index is 12.7. The number of ketones is 1. The minimum atomic E-state index is -1.84. The molecule has 0 saturated carbocycles. The molecule has 1 heterocycles. The van der Waals surface area contributed by atoms with Crippen molar-refractivity contribution in [3.8, 4) is 0 Å².